The third-order valence-electron chi connectivity index (χ3n) is 5.78. The molecular weight excluding hydrogens is 390 g/mol. The normalized spacial score (nSPS) is 14.6. The van der Waals surface area contributed by atoms with E-state index in [4.69, 9.17) is 22.1 Å². The molecule has 2 N–H and O–H groups in total. The summed E-state index contributed by atoms with van der Waals surface area (Å²) in [6, 6.07) is 0. The summed E-state index contributed by atoms with van der Waals surface area (Å²) in [6.07, 6.45) is 7.96. The summed E-state index contributed by atoms with van der Waals surface area (Å²) < 4.78 is 7.45. The van der Waals surface area contributed by atoms with Crippen LogP contribution in [0.25, 0.3) is 11.0 Å². The second-order valence-corrected chi connectivity index (χ2v) is 8.00. The number of fused-ring (bicyclic) bond motifs is 1. The summed E-state index contributed by atoms with van der Waals surface area (Å²) in [5, 5.41) is 0.416. The molecule has 0 atom stereocenters. The Kier molecular flexibility index (Phi) is 5.17. The molecule has 4 rings (SSSR count). The first-order chi connectivity index (χ1) is 13.9. The zero-order valence-corrected chi connectivity index (χ0v) is 17.6. The van der Waals surface area contributed by atoms with Crippen LogP contribution >= 0.6 is 11.6 Å². The van der Waals surface area contributed by atoms with E-state index in [1.54, 1.807) is 13.3 Å². The number of methoxy groups -OCH3 is 1. The minimum Gasteiger partial charge on any atom is -0.496 e. The fourth-order valence-electron chi connectivity index (χ4n) is 4.31. The number of rotatable bonds is 4. The second-order valence-electron chi connectivity index (χ2n) is 7.64. The molecule has 0 bridgehead atoms. The van der Waals surface area contributed by atoms with E-state index >= 15 is 0 Å². The van der Waals surface area contributed by atoms with Crippen LogP contribution in [0.4, 0.5) is 5.95 Å². The molecular formula is C21H24ClN5O2. The van der Waals surface area contributed by atoms with Gasteiger partial charge in [-0.15, -0.1) is 0 Å². The van der Waals surface area contributed by atoms with Gasteiger partial charge in [0.25, 0.3) is 0 Å². The number of hydrogen-bond donors (Lipinski definition) is 1. The number of pyridine rings is 2. The lowest BCUT2D eigenvalue weighted by molar-refractivity contribution is 0.406. The zero-order chi connectivity index (χ0) is 20.7. The van der Waals surface area contributed by atoms with Crippen LogP contribution in [0.2, 0.25) is 5.15 Å². The van der Waals surface area contributed by atoms with Gasteiger partial charge in [-0.1, -0.05) is 24.4 Å². The van der Waals surface area contributed by atoms with Crippen molar-refractivity contribution in [2.24, 2.45) is 0 Å². The number of hydrogen-bond acceptors (Lipinski definition) is 6. The molecule has 3 aromatic heterocycles. The van der Waals surface area contributed by atoms with E-state index in [-0.39, 0.29) is 22.4 Å². The average molecular weight is 414 g/mol. The third-order valence-corrected chi connectivity index (χ3v) is 6.06. The Labute approximate surface area is 173 Å². The van der Waals surface area contributed by atoms with Crippen LogP contribution in [0.3, 0.4) is 0 Å². The monoisotopic (exact) mass is 413 g/mol. The van der Waals surface area contributed by atoms with E-state index in [2.05, 4.69) is 15.0 Å². The fraction of sp³-hybridized carbons (Fsp3) is 0.429. The summed E-state index contributed by atoms with van der Waals surface area (Å²) in [7, 11) is 1.65. The van der Waals surface area contributed by atoms with Crippen LogP contribution in [0.5, 0.6) is 5.75 Å². The highest BCUT2D eigenvalue weighted by atomic mass is 35.5. The van der Waals surface area contributed by atoms with Crippen molar-refractivity contribution in [3.05, 3.63) is 50.2 Å². The summed E-state index contributed by atoms with van der Waals surface area (Å²) in [5.41, 5.74) is 9.69. The Balaban J connectivity index is 1.94. The smallest absolute Gasteiger partial charge is 0.223 e. The van der Waals surface area contributed by atoms with Crippen molar-refractivity contribution >= 4 is 28.6 Å². The van der Waals surface area contributed by atoms with Gasteiger partial charge in [-0.2, -0.15) is 4.98 Å². The van der Waals surface area contributed by atoms with Gasteiger partial charge < -0.3 is 15.0 Å². The predicted octanol–water partition coefficient (Wildman–Crippen LogP) is 3.75. The topological polar surface area (TPSA) is 95.9 Å². The Hall–Kier alpha value is -2.67. The van der Waals surface area contributed by atoms with Gasteiger partial charge in [0.15, 0.2) is 11.1 Å². The molecule has 1 aliphatic carbocycles. The Morgan fingerprint density at radius 3 is 2.69 bits per heavy atom. The Bertz CT molecular complexity index is 1150. The van der Waals surface area contributed by atoms with Crippen molar-refractivity contribution in [3.63, 3.8) is 0 Å². The SMILES string of the molecule is COc1c(C)cnc(Cn2cc(C3CCCC3)c(=O)c3c(Cl)nc(N)nc32)c1C. The molecule has 3 heterocycles. The number of halogens is 1. The van der Waals surface area contributed by atoms with Gasteiger partial charge in [-0.25, -0.2) is 4.98 Å². The highest BCUT2D eigenvalue weighted by molar-refractivity contribution is 6.34. The number of nitrogens with zero attached hydrogens (tertiary/aromatic N) is 4. The highest BCUT2D eigenvalue weighted by Crippen LogP contribution is 2.34. The number of ether oxygens (including phenoxy) is 1. The number of aryl methyl sites for hydroxylation is 1. The highest BCUT2D eigenvalue weighted by Gasteiger charge is 2.24. The summed E-state index contributed by atoms with van der Waals surface area (Å²) in [6.45, 7) is 4.36. The van der Waals surface area contributed by atoms with E-state index in [1.807, 2.05) is 24.6 Å². The predicted molar refractivity (Wildman–Crippen MR) is 114 cm³/mol. The first kappa shape index (κ1) is 19.6. The molecule has 0 aliphatic heterocycles. The number of nitrogen functional groups attached to an aromatic ring is 1. The lowest BCUT2D eigenvalue weighted by Crippen LogP contribution is -2.20. The van der Waals surface area contributed by atoms with Gasteiger partial charge in [-0.05, 0) is 32.6 Å². The van der Waals surface area contributed by atoms with Crippen LogP contribution in [-0.4, -0.2) is 26.6 Å². The molecule has 152 valence electrons. The van der Waals surface area contributed by atoms with E-state index in [0.717, 1.165) is 53.8 Å². The standard InChI is InChI=1S/C21H24ClN5O2/c1-11-8-24-15(12(2)18(11)29-3)10-27-9-14(13-6-4-5-7-13)17(28)16-19(22)25-21(23)26-20(16)27/h8-9,13H,4-7,10H2,1-3H3,(H2,23,25,26). The second kappa shape index (κ2) is 7.63. The van der Waals surface area contributed by atoms with E-state index in [1.165, 1.54) is 0 Å². The molecule has 1 aliphatic rings. The maximum absolute atomic E-state index is 13.2. The molecule has 0 unspecified atom stereocenters. The zero-order valence-electron chi connectivity index (χ0n) is 16.8. The fourth-order valence-corrected chi connectivity index (χ4v) is 4.57. The van der Waals surface area contributed by atoms with Gasteiger partial charge in [0.05, 0.1) is 19.3 Å². The minimum atomic E-state index is -0.0979. The van der Waals surface area contributed by atoms with Gasteiger partial charge in [0.1, 0.15) is 16.3 Å². The molecule has 0 spiro atoms. The summed E-state index contributed by atoms with van der Waals surface area (Å²) >= 11 is 6.34. The lowest BCUT2D eigenvalue weighted by atomic mass is 9.98. The quantitative estimate of drug-likeness (QED) is 0.654. The summed E-state index contributed by atoms with van der Waals surface area (Å²) in [5.74, 6) is 1.08. The van der Waals surface area contributed by atoms with Gasteiger partial charge in [-0.3, -0.25) is 9.78 Å². The molecule has 1 fully saturated rings. The number of nitrogens with two attached hydrogens (primary N) is 1. The van der Waals surface area contributed by atoms with Crippen molar-refractivity contribution in [2.45, 2.75) is 52.0 Å². The van der Waals surface area contributed by atoms with Gasteiger partial charge in [0, 0.05) is 29.1 Å². The maximum atomic E-state index is 13.2. The maximum Gasteiger partial charge on any atom is 0.223 e. The van der Waals surface area contributed by atoms with Crippen LogP contribution in [0.15, 0.2) is 17.2 Å². The molecule has 8 heteroatoms. The Morgan fingerprint density at radius 1 is 1.28 bits per heavy atom. The van der Waals surface area contributed by atoms with Crippen LogP contribution in [0.1, 0.15) is 54.0 Å². The number of anilines is 1. The Morgan fingerprint density at radius 2 is 2.00 bits per heavy atom. The number of aromatic nitrogens is 4. The van der Waals surface area contributed by atoms with Crippen LogP contribution in [-0.2, 0) is 6.54 Å². The van der Waals surface area contributed by atoms with Crippen molar-refractivity contribution < 1.29 is 4.74 Å². The largest absolute Gasteiger partial charge is 0.496 e. The van der Waals surface area contributed by atoms with Gasteiger partial charge >= 0.3 is 0 Å². The first-order valence-electron chi connectivity index (χ1n) is 9.75. The average Bonchev–Trinajstić information content (AvgIpc) is 3.20. The van der Waals surface area contributed by atoms with Crippen LogP contribution < -0.4 is 15.9 Å². The van der Waals surface area contributed by atoms with Crippen LogP contribution in [0, 0.1) is 13.8 Å². The molecule has 29 heavy (non-hydrogen) atoms. The lowest BCUT2D eigenvalue weighted by Gasteiger charge is -2.18. The molecule has 0 aromatic carbocycles. The van der Waals surface area contributed by atoms with E-state index in [0.29, 0.717) is 17.6 Å². The molecule has 7 nitrogen and oxygen atoms in total. The molecule has 0 saturated heterocycles. The molecule has 0 radical (unpaired) electrons. The molecule has 3 aromatic rings. The van der Waals surface area contributed by atoms with Crippen molar-refractivity contribution in [3.8, 4) is 5.75 Å². The van der Waals surface area contributed by atoms with Crippen molar-refractivity contribution in [2.75, 3.05) is 12.8 Å². The van der Waals surface area contributed by atoms with E-state index in [9.17, 15) is 4.79 Å². The minimum absolute atomic E-state index is 0.0374. The summed E-state index contributed by atoms with van der Waals surface area (Å²) in [4.78, 5) is 26.2. The molecule has 0 amide bonds. The van der Waals surface area contributed by atoms with Crippen molar-refractivity contribution in [1.29, 1.82) is 0 Å². The molecule has 1 saturated carbocycles. The van der Waals surface area contributed by atoms with Gasteiger partial charge in [0.2, 0.25) is 5.95 Å². The van der Waals surface area contributed by atoms with Crippen molar-refractivity contribution in [1.82, 2.24) is 19.5 Å². The first-order valence-corrected chi connectivity index (χ1v) is 10.1. The third kappa shape index (κ3) is 3.44. The van der Waals surface area contributed by atoms with E-state index < -0.39 is 0 Å².